The molecule has 0 fully saturated rings. The lowest BCUT2D eigenvalue weighted by Gasteiger charge is -2.32. The van der Waals surface area contributed by atoms with E-state index in [1.165, 1.54) is 20.3 Å². The maximum atomic E-state index is 13.1. The number of hydrogen-bond donors (Lipinski definition) is 1. The van der Waals surface area contributed by atoms with Gasteiger partial charge in [0, 0.05) is 18.2 Å². The summed E-state index contributed by atoms with van der Waals surface area (Å²) in [7, 11) is -1.05. The maximum absolute atomic E-state index is 13.1. The zero-order chi connectivity index (χ0) is 19.5. The third kappa shape index (κ3) is 3.29. The molecule has 0 spiro atoms. The van der Waals surface area contributed by atoms with Gasteiger partial charge in [0.15, 0.2) is 16.4 Å². The van der Waals surface area contributed by atoms with Crippen molar-refractivity contribution < 1.29 is 22.7 Å². The predicted octanol–water partition coefficient (Wildman–Crippen LogP) is 2.30. The van der Waals surface area contributed by atoms with Crippen LogP contribution in [0.3, 0.4) is 0 Å². The van der Waals surface area contributed by atoms with Crippen molar-refractivity contribution in [2.24, 2.45) is 0 Å². The van der Waals surface area contributed by atoms with Crippen molar-refractivity contribution in [3.8, 4) is 11.5 Å². The average molecular weight is 380 g/mol. The Morgan fingerprint density at radius 2 is 1.88 bits per heavy atom. The Hall–Kier alpha value is -2.48. The number of sulfonamides is 1. The van der Waals surface area contributed by atoms with Gasteiger partial charge in [-0.2, -0.15) is 0 Å². The van der Waals surface area contributed by atoms with Gasteiger partial charge in [-0.3, -0.25) is 9.10 Å². The minimum atomic E-state index is -4.03. The summed E-state index contributed by atoms with van der Waals surface area (Å²) in [5.74, 6) is 0.248. The van der Waals surface area contributed by atoms with Crippen LogP contribution in [0.25, 0.3) is 5.57 Å². The van der Waals surface area contributed by atoms with Crippen LogP contribution in [0.5, 0.6) is 11.5 Å². The molecule has 0 saturated carbocycles. The topological polar surface area (TPSA) is 84.9 Å². The summed E-state index contributed by atoms with van der Waals surface area (Å²) in [4.78, 5) is 12.3. The summed E-state index contributed by atoms with van der Waals surface area (Å²) in [6.45, 7) is 7.57. The van der Waals surface area contributed by atoms with Crippen LogP contribution in [0, 0.1) is 0 Å². The smallest absolute Gasteiger partial charge is 0.270 e. The van der Waals surface area contributed by atoms with Crippen LogP contribution in [0.15, 0.2) is 29.7 Å². The molecule has 0 radical (unpaired) electrons. The normalized spacial score (nSPS) is 15.3. The van der Waals surface area contributed by atoms with Gasteiger partial charge in [-0.05, 0) is 25.0 Å². The minimum Gasteiger partial charge on any atom is -0.493 e. The van der Waals surface area contributed by atoms with E-state index in [1.807, 2.05) is 6.92 Å². The molecule has 26 heavy (non-hydrogen) atoms. The van der Waals surface area contributed by atoms with E-state index in [4.69, 9.17) is 9.47 Å². The van der Waals surface area contributed by atoms with E-state index in [9.17, 15) is 13.2 Å². The van der Waals surface area contributed by atoms with Gasteiger partial charge in [0.2, 0.25) is 0 Å². The number of nitrogens with one attached hydrogen (secondary N) is 1. The highest BCUT2D eigenvalue weighted by atomic mass is 32.2. The molecule has 7 nitrogen and oxygen atoms in total. The van der Waals surface area contributed by atoms with Gasteiger partial charge in [-0.1, -0.05) is 13.0 Å². The fourth-order valence-corrected chi connectivity index (χ4v) is 4.59. The van der Waals surface area contributed by atoms with E-state index < -0.39 is 15.9 Å². The van der Waals surface area contributed by atoms with Gasteiger partial charge in [-0.25, -0.2) is 8.42 Å². The summed E-state index contributed by atoms with van der Waals surface area (Å²) in [5, 5.41) is 2.65. The molecule has 1 aromatic carbocycles. The second kappa shape index (κ2) is 7.82. The first-order valence-corrected chi connectivity index (χ1v) is 9.66. The highest BCUT2D eigenvalue weighted by Crippen LogP contribution is 2.44. The number of rotatable bonds is 7. The minimum absolute atomic E-state index is 0.0304. The molecule has 1 amide bonds. The summed E-state index contributed by atoms with van der Waals surface area (Å²) < 4.78 is 38.0. The molecule has 1 aromatic rings. The third-order valence-electron chi connectivity index (χ3n) is 4.10. The molecule has 0 saturated heterocycles. The Bertz CT molecular complexity index is 859. The molecule has 1 aliphatic heterocycles. The standard InChI is InChI=1S/C18H24N2O5S/c1-6-8-19-18(21)17-12(3)13-10-15(24-4)16(25-5)11-14(13)20(9-7-2)26(17,22)23/h7,10-11H,2,6,8-9H2,1,3-5H3,(H,19,21). The Morgan fingerprint density at radius 1 is 1.27 bits per heavy atom. The maximum Gasteiger partial charge on any atom is 0.270 e. The first-order chi connectivity index (χ1) is 12.3. The molecule has 2 rings (SSSR count). The lowest BCUT2D eigenvalue weighted by atomic mass is 10.0. The van der Waals surface area contributed by atoms with Gasteiger partial charge in [0.25, 0.3) is 15.9 Å². The van der Waals surface area contributed by atoms with E-state index in [2.05, 4.69) is 11.9 Å². The Morgan fingerprint density at radius 3 is 2.42 bits per heavy atom. The van der Waals surface area contributed by atoms with Crippen molar-refractivity contribution >= 4 is 27.2 Å². The summed E-state index contributed by atoms with van der Waals surface area (Å²) in [6, 6.07) is 3.28. The van der Waals surface area contributed by atoms with Crippen molar-refractivity contribution in [3.63, 3.8) is 0 Å². The molecule has 1 aliphatic rings. The first kappa shape index (κ1) is 19.8. The first-order valence-electron chi connectivity index (χ1n) is 8.22. The molecular formula is C18H24N2O5S. The van der Waals surface area contributed by atoms with E-state index in [0.717, 1.165) is 4.31 Å². The predicted molar refractivity (Wildman–Crippen MR) is 102 cm³/mol. The number of nitrogens with zero attached hydrogens (tertiary/aromatic N) is 1. The van der Waals surface area contributed by atoms with Crippen molar-refractivity contribution in [1.29, 1.82) is 0 Å². The zero-order valence-electron chi connectivity index (χ0n) is 15.5. The van der Waals surface area contributed by atoms with Crippen LogP contribution in [0.1, 0.15) is 25.8 Å². The van der Waals surface area contributed by atoms with Crippen LogP contribution in [0.2, 0.25) is 0 Å². The second-order valence-electron chi connectivity index (χ2n) is 5.76. The number of carbonyl (C=O) groups is 1. The Kier molecular flexibility index (Phi) is 5.97. The molecule has 0 aliphatic carbocycles. The SMILES string of the molecule is C=CCN1c2cc(OC)c(OC)cc2C(C)=C(C(=O)NCCC)S1(=O)=O. The van der Waals surface area contributed by atoms with Gasteiger partial charge >= 0.3 is 0 Å². The van der Waals surface area contributed by atoms with Crippen molar-refractivity contribution in [3.05, 3.63) is 35.3 Å². The number of carbonyl (C=O) groups excluding carboxylic acids is 1. The lowest BCUT2D eigenvalue weighted by molar-refractivity contribution is -0.116. The number of ether oxygens (including phenoxy) is 2. The van der Waals surface area contributed by atoms with Crippen LogP contribution in [-0.2, 0) is 14.8 Å². The highest BCUT2D eigenvalue weighted by molar-refractivity contribution is 7.97. The van der Waals surface area contributed by atoms with Gasteiger partial charge < -0.3 is 14.8 Å². The number of fused-ring (bicyclic) bond motifs is 1. The summed E-state index contributed by atoms with van der Waals surface area (Å²) in [6.07, 6.45) is 2.18. The number of benzene rings is 1. The number of hydrogen-bond acceptors (Lipinski definition) is 5. The van der Waals surface area contributed by atoms with Gasteiger partial charge in [0.1, 0.15) is 0 Å². The summed E-state index contributed by atoms with van der Waals surface area (Å²) >= 11 is 0. The monoisotopic (exact) mass is 380 g/mol. The molecule has 142 valence electrons. The molecule has 0 unspecified atom stereocenters. The highest BCUT2D eigenvalue weighted by Gasteiger charge is 2.39. The van der Waals surface area contributed by atoms with Crippen molar-refractivity contribution in [1.82, 2.24) is 5.32 Å². The van der Waals surface area contributed by atoms with Crippen LogP contribution in [-0.4, -0.2) is 41.6 Å². The largest absolute Gasteiger partial charge is 0.493 e. The number of allylic oxidation sites excluding steroid dienone is 1. The summed E-state index contributed by atoms with van der Waals surface area (Å²) in [5.41, 5.74) is 1.39. The van der Waals surface area contributed by atoms with Crippen LogP contribution < -0.4 is 19.1 Å². The van der Waals surface area contributed by atoms with E-state index in [-0.39, 0.29) is 11.4 Å². The van der Waals surface area contributed by atoms with Gasteiger partial charge in [0.05, 0.1) is 26.5 Å². The molecule has 0 aromatic heterocycles. The van der Waals surface area contributed by atoms with Crippen LogP contribution >= 0.6 is 0 Å². The number of amides is 1. The van der Waals surface area contributed by atoms with Crippen LogP contribution in [0.4, 0.5) is 5.69 Å². The third-order valence-corrected chi connectivity index (χ3v) is 6.03. The number of methoxy groups -OCH3 is 2. The second-order valence-corrected chi connectivity index (χ2v) is 7.56. The van der Waals surface area contributed by atoms with Gasteiger partial charge in [-0.15, -0.1) is 6.58 Å². The van der Waals surface area contributed by atoms with E-state index in [0.29, 0.717) is 41.3 Å². The molecule has 1 N–H and O–H groups in total. The zero-order valence-corrected chi connectivity index (χ0v) is 16.3. The fourth-order valence-electron chi connectivity index (χ4n) is 2.85. The Balaban J connectivity index is 2.77. The molecular weight excluding hydrogens is 356 g/mol. The fraction of sp³-hybridized carbons (Fsp3) is 0.389. The molecule has 0 atom stereocenters. The molecule has 8 heteroatoms. The van der Waals surface area contributed by atoms with Crippen molar-refractivity contribution in [2.75, 3.05) is 31.6 Å². The molecule has 0 bridgehead atoms. The van der Waals surface area contributed by atoms with E-state index in [1.54, 1.807) is 19.1 Å². The average Bonchev–Trinajstić information content (AvgIpc) is 2.62. The Labute approximate surface area is 154 Å². The lowest BCUT2D eigenvalue weighted by Crippen LogP contribution is -2.41. The molecule has 1 heterocycles. The van der Waals surface area contributed by atoms with E-state index >= 15 is 0 Å². The van der Waals surface area contributed by atoms with Crippen molar-refractivity contribution in [2.45, 2.75) is 20.3 Å². The quantitative estimate of drug-likeness (QED) is 0.734. The number of anilines is 1.